The van der Waals surface area contributed by atoms with E-state index in [2.05, 4.69) is 4.98 Å². The van der Waals surface area contributed by atoms with E-state index in [4.69, 9.17) is 4.74 Å². The molecule has 1 amide bonds. The quantitative estimate of drug-likeness (QED) is 0.777. The third-order valence-corrected chi connectivity index (χ3v) is 2.45. The minimum absolute atomic E-state index is 0.0495. The predicted octanol–water partition coefficient (Wildman–Crippen LogP) is 1.47. The maximum absolute atomic E-state index is 11.4. The van der Waals surface area contributed by atoms with Gasteiger partial charge in [-0.15, -0.1) is 0 Å². The lowest BCUT2D eigenvalue weighted by Gasteiger charge is -2.14. The van der Waals surface area contributed by atoms with Gasteiger partial charge in [0.05, 0.1) is 0 Å². The van der Waals surface area contributed by atoms with E-state index in [1.54, 1.807) is 14.1 Å². The molecule has 0 aliphatic heterocycles. The largest absolute Gasteiger partial charge is 0.483 e. The standard InChI is InChI=1S/C12H18N2O2/c1-8-6-11(9(2)10(3)13-8)16-7-12(15)14(4)5/h6H,7H2,1-5H3. The van der Waals surface area contributed by atoms with Crippen molar-refractivity contribution in [2.45, 2.75) is 20.8 Å². The van der Waals surface area contributed by atoms with Crippen LogP contribution in [0.25, 0.3) is 0 Å². The van der Waals surface area contributed by atoms with Crippen molar-refractivity contribution in [3.05, 3.63) is 23.0 Å². The summed E-state index contributed by atoms with van der Waals surface area (Å²) < 4.78 is 5.49. The van der Waals surface area contributed by atoms with Crippen molar-refractivity contribution < 1.29 is 9.53 Å². The van der Waals surface area contributed by atoms with E-state index in [0.29, 0.717) is 0 Å². The normalized spacial score (nSPS) is 10.1. The monoisotopic (exact) mass is 222 g/mol. The first kappa shape index (κ1) is 12.5. The van der Waals surface area contributed by atoms with Gasteiger partial charge in [0.25, 0.3) is 5.91 Å². The molecule has 0 aliphatic carbocycles. The molecule has 4 heteroatoms. The van der Waals surface area contributed by atoms with Gasteiger partial charge in [-0.3, -0.25) is 9.78 Å². The number of nitrogens with zero attached hydrogens (tertiary/aromatic N) is 2. The molecule has 0 unspecified atom stereocenters. The SMILES string of the molecule is Cc1cc(OCC(=O)N(C)C)c(C)c(C)n1. The number of aromatic nitrogens is 1. The number of hydrogen-bond donors (Lipinski definition) is 0. The number of ether oxygens (including phenoxy) is 1. The predicted molar refractivity (Wildman–Crippen MR) is 62.6 cm³/mol. The Balaban J connectivity index is 2.78. The highest BCUT2D eigenvalue weighted by molar-refractivity contribution is 5.77. The summed E-state index contributed by atoms with van der Waals surface area (Å²) in [7, 11) is 3.42. The fourth-order valence-corrected chi connectivity index (χ4v) is 1.28. The summed E-state index contributed by atoms with van der Waals surface area (Å²) in [5, 5.41) is 0. The van der Waals surface area contributed by atoms with Crippen LogP contribution in [0.1, 0.15) is 17.0 Å². The van der Waals surface area contributed by atoms with Crippen LogP contribution in [0, 0.1) is 20.8 Å². The van der Waals surface area contributed by atoms with Gasteiger partial charge < -0.3 is 9.64 Å². The van der Waals surface area contributed by atoms with Crippen molar-refractivity contribution in [2.75, 3.05) is 20.7 Å². The van der Waals surface area contributed by atoms with Crippen LogP contribution < -0.4 is 4.74 Å². The Kier molecular flexibility index (Phi) is 3.88. The number of likely N-dealkylation sites (N-methyl/N-ethyl adjacent to an activating group) is 1. The fourth-order valence-electron chi connectivity index (χ4n) is 1.28. The van der Waals surface area contributed by atoms with Gasteiger partial charge in [-0.25, -0.2) is 0 Å². The molecule has 0 bridgehead atoms. The average Bonchev–Trinajstić information content (AvgIpc) is 2.20. The smallest absolute Gasteiger partial charge is 0.259 e. The highest BCUT2D eigenvalue weighted by Crippen LogP contribution is 2.20. The van der Waals surface area contributed by atoms with Gasteiger partial charge in [0, 0.05) is 37.1 Å². The summed E-state index contributed by atoms with van der Waals surface area (Å²) in [6, 6.07) is 1.85. The molecule has 4 nitrogen and oxygen atoms in total. The number of hydrogen-bond acceptors (Lipinski definition) is 3. The highest BCUT2D eigenvalue weighted by Gasteiger charge is 2.09. The maximum Gasteiger partial charge on any atom is 0.259 e. The van der Waals surface area contributed by atoms with Crippen molar-refractivity contribution in [3.63, 3.8) is 0 Å². The van der Waals surface area contributed by atoms with Crippen LogP contribution in [0.2, 0.25) is 0 Å². The van der Waals surface area contributed by atoms with Gasteiger partial charge in [-0.1, -0.05) is 0 Å². The van der Waals surface area contributed by atoms with Crippen LogP contribution in [0.5, 0.6) is 5.75 Å². The van der Waals surface area contributed by atoms with E-state index in [1.807, 2.05) is 26.8 Å². The summed E-state index contributed by atoms with van der Waals surface area (Å²) in [5.74, 6) is 0.687. The van der Waals surface area contributed by atoms with Gasteiger partial charge in [-0.05, 0) is 20.8 Å². The number of pyridine rings is 1. The van der Waals surface area contributed by atoms with Crippen molar-refractivity contribution in [3.8, 4) is 5.75 Å². The van der Waals surface area contributed by atoms with Crippen molar-refractivity contribution in [1.29, 1.82) is 0 Å². The van der Waals surface area contributed by atoms with Gasteiger partial charge in [0.2, 0.25) is 0 Å². The van der Waals surface area contributed by atoms with E-state index in [0.717, 1.165) is 22.7 Å². The first-order valence-corrected chi connectivity index (χ1v) is 5.19. The molecule has 0 fully saturated rings. The summed E-state index contributed by atoms with van der Waals surface area (Å²) in [6.45, 7) is 5.85. The molecule has 88 valence electrons. The minimum Gasteiger partial charge on any atom is -0.483 e. The Morgan fingerprint density at radius 3 is 2.56 bits per heavy atom. The van der Waals surface area contributed by atoms with E-state index >= 15 is 0 Å². The molecule has 0 atom stereocenters. The van der Waals surface area contributed by atoms with E-state index in [9.17, 15) is 4.79 Å². The van der Waals surface area contributed by atoms with Gasteiger partial charge in [0.15, 0.2) is 6.61 Å². The summed E-state index contributed by atoms with van der Waals surface area (Å²) in [6.07, 6.45) is 0. The fraction of sp³-hybridized carbons (Fsp3) is 0.500. The van der Waals surface area contributed by atoms with Crippen molar-refractivity contribution in [1.82, 2.24) is 9.88 Å². The summed E-state index contributed by atoms with van der Waals surface area (Å²) in [5.41, 5.74) is 2.82. The molecular weight excluding hydrogens is 204 g/mol. The second kappa shape index (κ2) is 4.96. The van der Waals surface area contributed by atoms with Crippen LogP contribution in [0.4, 0.5) is 0 Å². The Morgan fingerprint density at radius 1 is 1.38 bits per heavy atom. The molecule has 0 saturated heterocycles. The summed E-state index contributed by atoms with van der Waals surface area (Å²) in [4.78, 5) is 17.2. The number of rotatable bonds is 3. The Hall–Kier alpha value is -1.58. The third-order valence-electron chi connectivity index (χ3n) is 2.45. The number of amides is 1. The van der Waals surface area contributed by atoms with Gasteiger partial charge >= 0.3 is 0 Å². The van der Waals surface area contributed by atoms with Crippen molar-refractivity contribution in [2.24, 2.45) is 0 Å². The molecule has 0 radical (unpaired) electrons. The lowest BCUT2D eigenvalue weighted by molar-refractivity contribution is -0.130. The number of carbonyl (C=O) groups is 1. The molecule has 1 rings (SSSR count). The van der Waals surface area contributed by atoms with Crippen molar-refractivity contribution >= 4 is 5.91 Å². The van der Waals surface area contributed by atoms with Gasteiger partial charge in [0.1, 0.15) is 5.75 Å². The molecule has 0 aliphatic rings. The Labute approximate surface area is 96.2 Å². The van der Waals surface area contributed by atoms with E-state index in [1.165, 1.54) is 4.90 Å². The zero-order valence-corrected chi connectivity index (χ0v) is 10.5. The lowest BCUT2D eigenvalue weighted by Crippen LogP contribution is -2.27. The zero-order valence-electron chi connectivity index (χ0n) is 10.5. The molecule has 0 aromatic carbocycles. The number of carbonyl (C=O) groups excluding carboxylic acids is 1. The molecule has 0 saturated carbocycles. The Bertz CT molecular complexity index is 400. The Morgan fingerprint density at radius 2 is 2.00 bits per heavy atom. The summed E-state index contributed by atoms with van der Waals surface area (Å²) >= 11 is 0. The second-order valence-electron chi connectivity index (χ2n) is 4.05. The van der Waals surface area contributed by atoms with E-state index < -0.39 is 0 Å². The molecule has 1 heterocycles. The molecule has 1 aromatic heterocycles. The zero-order chi connectivity index (χ0) is 12.3. The van der Waals surface area contributed by atoms with Crippen LogP contribution in [0.3, 0.4) is 0 Å². The van der Waals surface area contributed by atoms with Gasteiger partial charge in [-0.2, -0.15) is 0 Å². The lowest BCUT2D eigenvalue weighted by atomic mass is 10.2. The second-order valence-corrected chi connectivity index (χ2v) is 4.05. The topological polar surface area (TPSA) is 42.4 Å². The maximum atomic E-state index is 11.4. The van der Waals surface area contributed by atoms with Crippen LogP contribution in [-0.2, 0) is 4.79 Å². The molecule has 0 N–H and O–H groups in total. The molecular formula is C12H18N2O2. The third kappa shape index (κ3) is 2.95. The molecule has 16 heavy (non-hydrogen) atoms. The van der Waals surface area contributed by atoms with Crippen LogP contribution in [-0.4, -0.2) is 36.5 Å². The van der Waals surface area contributed by atoms with E-state index in [-0.39, 0.29) is 12.5 Å². The van der Waals surface area contributed by atoms with Crippen LogP contribution in [0.15, 0.2) is 6.07 Å². The molecule has 0 spiro atoms. The average molecular weight is 222 g/mol. The number of aryl methyl sites for hydroxylation is 2. The first-order chi connectivity index (χ1) is 7.41. The van der Waals surface area contributed by atoms with Crippen LogP contribution >= 0.6 is 0 Å². The highest BCUT2D eigenvalue weighted by atomic mass is 16.5. The molecule has 1 aromatic rings. The minimum atomic E-state index is -0.0495. The first-order valence-electron chi connectivity index (χ1n) is 5.19.